The fraction of sp³-hybridized carbons (Fsp3) is 0.412. The molecular formula is C17H23N3O3. The van der Waals surface area contributed by atoms with Crippen LogP contribution in [0.2, 0.25) is 0 Å². The third-order valence-corrected chi connectivity index (χ3v) is 3.50. The first-order valence-electron chi connectivity index (χ1n) is 7.64. The van der Waals surface area contributed by atoms with E-state index in [1.807, 2.05) is 25.2 Å². The van der Waals surface area contributed by atoms with Gasteiger partial charge >= 0.3 is 0 Å². The topological polar surface area (TPSA) is 69.8 Å². The molecule has 0 bridgehead atoms. The minimum Gasteiger partial charge on any atom is -0.396 e. The SMILES string of the molecule is CN(Cc1ccccc1)Cc1cc(C(=O)N(C)CCCO)no1. The van der Waals surface area contributed by atoms with Crippen LogP contribution in [0.1, 0.15) is 28.2 Å². The average molecular weight is 317 g/mol. The maximum absolute atomic E-state index is 12.1. The molecule has 0 unspecified atom stereocenters. The summed E-state index contributed by atoms with van der Waals surface area (Å²) >= 11 is 0. The molecule has 1 heterocycles. The summed E-state index contributed by atoms with van der Waals surface area (Å²) in [4.78, 5) is 15.8. The predicted molar refractivity (Wildman–Crippen MR) is 86.8 cm³/mol. The van der Waals surface area contributed by atoms with Gasteiger partial charge in [-0.2, -0.15) is 0 Å². The van der Waals surface area contributed by atoms with Crippen LogP contribution in [0.4, 0.5) is 0 Å². The Morgan fingerprint density at radius 1 is 1.22 bits per heavy atom. The summed E-state index contributed by atoms with van der Waals surface area (Å²) in [5.74, 6) is 0.460. The van der Waals surface area contributed by atoms with Crippen molar-refractivity contribution >= 4 is 5.91 Å². The zero-order valence-corrected chi connectivity index (χ0v) is 13.6. The second-order valence-corrected chi connectivity index (χ2v) is 5.64. The molecule has 0 atom stereocenters. The first-order chi connectivity index (χ1) is 11.1. The van der Waals surface area contributed by atoms with Gasteiger partial charge < -0.3 is 14.5 Å². The van der Waals surface area contributed by atoms with Crippen LogP contribution in [-0.4, -0.2) is 53.2 Å². The molecule has 1 N–H and O–H groups in total. The van der Waals surface area contributed by atoms with Gasteiger partial charge in [0.15, 0.2) is 11.5 Å². The van der Waals surface area contributed by atoms with Gasteiger partial charge in [-0.05, 0) is 19.0 Å². The van der Waals surface area contributed by atoms with Crippen LogP contribution < -0.4 is 0 Å². The van der Waals surface area contributed by atoms with Crippen LogP contribution in [0, 0.1) is 0 Å². The highest BCUT2D eigenvalue weighted by Crippen LogP contribution is 2.11. The summed E-state index contributed by atoms with van der Waals surface area (Å²) in [6.45, 7) is 1.92. The minimum atomic E-state index is -0.195. The van der Waals surface area contributed by atoms with Crippen molar-refractivity contribution in [3.8, 4) is 0 Å². The summed E-state index contributed by atoms with van der Waals surface area (Å²) in [7, 11) is 3.68. The molecule has 6 heteroatoms. The molecule has 1 amide bonds. The molecule has 6 nitrogen and oxygen atoms in total. The van der Waals surface area contributed by atoms with Crippen LogP contribution in [0.25, 0.3) is 0 Å². The zero-order chi connectivity index (χ0) is 16.7. The molecule has 0 spiro atoms. The van der Waals surface area contributed by atoms with Crippen LogP contribution in [0.15, 0.2) is 40.9 Å². The quantitative estimate of drug-likeness (QED) is 0.803. The molecule has 0 fully saturated rings. The molecule has 1 aromatic heterocycles. The highest BCUT2D eigenvalue weighted by molar-refractivity contribution is 5.92. The molecule has 23 heavy (non-hydrogen) atoms. The number of aliphatic hydroxyl groups excluding tert-OH is 1. The standard InChI is InChI=1S/C17H23N3O3/c1-19(12-14-7-4-3-5-8-14)13-15-11-16(18-23-15)17(22)20(2)9-6-10-21/h3-5,7-8,11,21H,6,9-10,12-13H2,1-2H3. The first-order valence-corrected chi connectivity index (χ1v) is 7.64. The molecule has 2 aromatic rings. The third kappa shape index (κ3) is 5.19. The highest BCUT2D eigenvalue weighted by Gasteiger charge is 2.17. The molecule has 0 aliphatic heterocycles. The van der Waals surface area contributed by atoms with Gasteiger partial charge in [-0.15, -0.1) is 0 Å². The Kier molecular flexibility index (Phi) is 6.31. The molecule has 0 radical (unpaired) electrons. The van der Waals surface area contributed by atoms with Crippen molar-refractivity contribution < 1.29 is 14.4 Å². The molecule has 2 rings (SSSR count). The van der Waals surface area contributed by atoms with Crippen molar-refractivity contribution in [3.05, 3.63) is 53.4 Å². The maximum Gasteiger partial charge on any atom is 0.275 e. The molecule has 124 valence electrons. The van der Waals surface area contributed by atoms with E-state index < -0.39 is 0 Å². The second-order valence-electron chi connectivity index (χ2n) is 5.64. The van der Waals surface area contributed by atoms with Gasteiger partial charge in [0.2, 0.25) is 0 Å². The zero-order valence-electron chi connectivity index (χ0n) is 13.6. The minimum absolute atomic E-state index is 0.0615. The number of benzene rings is 1. The predicted octanol–water partition coefficient (Wildman–Crippen LogP) is 1.76. The second kappa shape index (κ2) is 8.45. The lowest BCUT2D eigenvalue weighted by molar-refractivity contribution is 0.0776. The number of rotatable bonds is 8. The number of hydrogen-bond acceptors (Lipinski definition) is 5. The van der Waals surface area contributed by atoms with Crippen molar-refractivity contribution in [3.63, 3.8) is 0 Å². The van der Waals surface area contributed by atoms with Gasteiger partial charge in [0.05, 0.1) is 6.54 Å². The van der Waals surface area contributed by atoms with Crippen molar-refractivity contribution in [2.24, 2.45) is 0 Å². The van der Waals surface area contributed by atoms with E-state index >= 15 is 0 Å². The smallest absolute Gasteiger partial charge is 0.275 e. The largest absolute Gasteiger partial charge is 0.396 e. The molecular weight excluding hydrogens is 294 g/mol. The number of aliphatic hydroxyl groups is 1. The van der Waals surface area contributed by atoms with Crippen LogP contribution in [-0.2, 0) is 13.1 Å². The number of carbonyl (C=O) groups is 1. The van der Waals surface area contributed by atoms with E-state index in [4.69, 9.17) is 9.63 Å². The van der Waals surface area contributed by atoms with E-state index in [0.29, 0.717) is 31.0 Å². The van der Waals surface area contributed by atoms with Gasteiger partial charge in [-0.3, -0.25) is 9.69 Å². The van der Waals surface area contributed by atoms with E-state index in [2.05, 4.69) is 22.2 Å². The fourth-order valence-corrected chi connectivity index (χ4v) is 2.31. The fourth-order valence-electron chi connectivity index (χ4n) is 2.31. The van der Waals surface area contributed by atoms with E-state index in [9.17, 15) is 4.79 Å². The van der Waals surface area contributed by atoms with E-state index in [1.165, 1.54) is 10.5 Å². The molecule has 0 aliphatic rings. The van der Waals surface area contributed by atoms with Crippen molar-refractivity contribution in [1.29, 1.82) is 0 Å². The number of amides is 1. The average Bonchev–Trinajstić information content (AvgIpc) is 3.01. The van der Waals surface area contributed by atoms with Crippen molar-refractivity contribution in [1.82, 2.24) is 15.0 Å². The maximum atomic E-state index is 12.1. The number of nitrogens with zero attached hydrogens (tertiary/aromatic N) is 3. The lowest BCUT2D eigenvalue weighted by Crippen LogP contribution is -2.28. The Labute approximate surface area is 136 Å². The Morgan fingerprint density at radius 2 is 1.96 bits per heavy atom. The van der Waals surface area contributed by atoms with Crippen LogP contribution >= 0.6 is 0 Å². The van der Waals surface area contributed by atoms with Gasteiger partial charge in [0.25, 0.3) is 5.91 Å². The van der Waals surface area contributed by atoms with Gasteiger partial charge in [-0.1, -0.05) is 35.5 Å². The first kappa shape index (κ1) is 17.2. The Morgan fingerprint density at radius 3 is 2.65 bits per heavy atom. The number of carbonyl (C=O) groups excluding carboxylic acids is 1. The highest BCUT2D eigenvalue weighted by atomic mass is 16.5. The number of hydrogen-bond donors (Lipinski definition) is 1. The lowest BCUT2D eigenvalue weighted by Gasteiger charge is -2.14. The van der Waals surface area contributed by atoms with Gasteiger partial charge in [0, 0.05) is 32.8 Å². The monoisotopic (exact) mass is 317 g/mol. The summed E-state index contributed by atoms with van der Waals surface area (Å²) in [6.07, 6.45) is 0.548. The molecule has 1 aromatic carbocycles. The Balaban J connectivity index is 1.90. The summed E-state index contributed by atoms with van der Waals surface area (Å²) in [6, 6.07) is 11.8. The van der Waals surface area contributed by atoms with Gasteiger partial charge in [-0.25, -0.2) is 0 Å². The Bertz CT molecular complexity index is 613. The van der Waals surface area contributed by atoms with Crippen molar-refractivity contribution in [2.75, 3.05) is 27.2 Å². The summed E-state index contributed by atoms with van der Waals surface area (Å²) in [5.41, 5.74) is 1.52. The van der Waals surface area contributed by atoms with Crippen LogP contribution in [0.3, 0.4) is 0 Å². The van der Waals surface area contributed by atoms with E-state index in [-0.39, 0.29) is 12.5 Å². The van der Waals surface area contributed by atoms with E-state index in [0.717, 1.165) is 6.54 Å². The van der Waals surface area contributed by atoms with Gasteiger partial charge in [0.1, 0.15) is 0 Å². The lowest BCUT2D eigenvalue weighted by atomic mass is 10.2. The molecule has 0 saturated heterocycles. The van der Waals surface area contributed by atoms with Crippen molar-refractivity contribution in [2.45, 2.75) is 19.5 Å². The van der Waals surface area contributed by atoms with E-state index in [1.54, 1.807) is 13.1 Å². The normalized spacial score (nSPS) is 11.0. The van der Waals surface area contributed by atoms with Crippen LogP contribution in [0.5, 0.6) is 0 Å². The Hall–Kier alpha value is -2.18. The number of aromatic nitrogens is 1. The molecule has 0 saturated carbocycles. The third-order valence-electron chi connectivity index (χ3n) is 3.50. The summed E-state index contributed by atoms with van der Waals surface area (Å²) < 4.78 is 5.26. The molecule has 0 aliphatic carbocycles. The summed E-state index contributed by atoms with van der Waals surface area (Å²) in [5, 5.41) is 12.7.